The van der Waals surface area contributed by atoms with Crippen LogP contribution in [0.4, 0.5) is 0 Å². The minimum atomic E-state index is 0.259. The van der Waals surface area contributed by atoms with Gasteiger partial charge in [0.2, 0.25) is 0 Å². The van der Waals surface area contributed by atoms with E-state index in [0.29, 0.717) is 18.1 Å². The van der Waals surface area contributed by atoms with Crippen LogP contribution in [0.2, 0.25) is 0 Å². The van der Waals surface area contributed by atoms with Crippen LogP contribution >= 0.6 is 0 Å². The van der Waals surface area contributed by atoms with E-state index < -0.39 is 0 Å². The quantitative estimate of drug-likeness (QED) is 0.254. The van der Waals surface area contributed by atoms with Gasteiger partial charge in [-0.1, -0.05) is 52.9 Å². The minimum Gasteiger partial charge on any atom is -0.379 e. The summed E-state index contributed by atoms with van der Waals surface area (Å²) in [5.41, 5.74) is 0. The molecule has 0 bridgehead atoms. The van der Waals surface area contributed by atoms with Gasteiger partial charge < -0.3 is 14.2 Å². The zero-order valence-electron chi connectivity index (χ0n) is 20.7. The maximum atomic E-state index is 6.23. The molecule has 2 saturated carbocycles. The highest BCUT2D eigenvalue weighted by Crippen LogP contribution is 2.39. The monoisotopic (exact) mass is 424 g/mol. The van der Waals surface area contributed by atoms with Gasteiger partial charge in [-0.3, -0.25) is 0 Å². The van der Waals surface area contributed by atoms with Gasteiger partial charge >= 0.3 is 0 Å². The topological polar surface area (TPSA) is 27.7 Å². The molecule has 0 aromatic heterocycles. The van der Waals surface area contributed by atoms with Crippen molar-refractivity contribution in [2.45, 2.75) is 135 Å². The lowest BCUT2D eigenvalue weighted by Gasteiger charge is -2.38. The zero-order valence-corrected chi connectivity index (χ0v) is 20.7. The Morgan fingerprint density at radius 2 is 1.23 bits per heavy atom. The van der Waals surface area contributed by atoms with E-state index in [-0.39, 0.29) is 6.10 Å². The summed E-state index contributed by atoms with van der Waals surface area (Å²) < 4.78 is 18.0. The Balaban J connectivity index is 1.52. The fourth-order valence-corrected chi connectivity index (χ4v) is 5.59. The first kappa shape index (κ1) is 26.1. The summed E-state index contributed by atoms with van der Waals surface area (Å²) in [6.07, 6.45) is 21.1. The maximum Gasteiger partial charge on any atom is 0.0807 e. The van der Waals surface area contributed by atoms with Crippen molar-refractivity contribution in [3.63, 3.8) is 0 Å². The van der Waals surface area contributed by atoms with Crippen molar-refractivity contribution in [3.05, 3.63) is 0 Å². The van der Waals surface area contributed by atoms with Crippen LogP contribution in [0.15, 0.2) is 0 Å². The molecule has 2 aliphatic carbocycles. The maximum absolute atomic E-state index is 6.23. The van der Waals surface area contributed by atoms with Crippen molar-refractivity contribution >= 4 is 0 Å². The lowest BCUT2D eigenvalue weighted by atomic mass is 9.72. The highest BCUT2D eigenvalue weighted by molar-refractivity contribution is 4.83. The van der Waals surface area contributed by atoms with E-state index >= 15 is 0 Å². The van der Waals surface area contributed by atoms with Gasteiger partial charge in [-0.2, -0.15) is 0 Å². The summed E-state index contributed by atoms with van der Waals surface area (Å²) in [7, 11) is 1.82. The largest absolute Gasteiger partial charge is 0.379 e. The van der Waals surface area contributed by atoms with E-state index in [4.69, 9.17) is 14.2 Å². The number of hydrogen-bond donors (Lipinski definition) is 0. The van der Waals surface area contributed by atoms with E-state index in [1.165, 1.54) is 89.9 Å². The first-order chi connectivity index (χ1) is 14.6. The number of methoxy groups -OCH3 is 1. The number of rotatable bonds is 15. The van der Waals surface area contributed by atoms with Gasteiger partial charge in [0.1, 0.15) is 0 Å². The van der Waals surface area contributed by atoms with Gasteiger partial charge in [-0.15, -0.1) is 0 Å². The van der Waals surface area contributed by atoms with Crippen LogP contribution in [0.1, 0.15) is 117 Å². The Morgan fingerprint density at radius 3 is 1.77 bits per heavy atom. The first-order valence-corrected chi connectivity index (χ1v) is 13.4. The van der Waals surface area contributed by atoms with Crippen LogP contribution in [0.25, 0.3) is 0 Å². The third-order valence-corrected chi connectivity index (χ3v) is 7.54. The van der Waals surface area contributed by atoms with Crippen LogP contribution in [0, 0.1) is 17.8 Å². The van der Waals surface area contributed by atoms with Crippen molar-refractivity contribution < 1.29 is 14.2 Å². The van der Waals surface area contributed by atoms with Crippen LogP contribution in [0.5, 0.6) is 0 Å². The highest BCUT2D eigenvalue weighted by Gasteiger charge is 2.31. The molecule has 0 aliphatic heterocycles. The Labute approximate surface area is 188 Å². The van der Waals surface area contributed by atoms with Gasteiger partial charge in [-0.05, 0) is 82.0 Å². The van der Waals surface area contributed by atoms with E-state index in [2.05, 4.69) is 20.8 Å². The molecule has 1 unspecified atom stereocenters. The molecule has 0 saturated heterocycles. The van der Waals surface area contributed by atoms with E-state index in [0.717, 1.165) is 31.5 Å². The predicted molar refractivity (Wildman–Crippen MR) is 127 cm³/mol. The summed E-state index contributed by atoms with van der Waals surface area (Å²) in [6.45, 7) is 8.55. The number of ether oxygens (including phenoxy) is 3. The summed E-state index contributed by atoms with van der Waals surface area (Å²) >= 11 is 0. The van der Waals surface area contributed by atoms with Crippen LogP contribution < -0.4 is 0 Å². The van der Waals surface area contributed by atoms with Crippen LogP contribution in [0.3, 0.4) is 0 Å². The second-order valence-electron chi connectivity index (χ2n) is 10.5. The van der Waals surface area contributed by atoms with Crippen molar-refractivity contribution in [1.29, 1.82) is 0 Å². The molecule has 3 nitrogen and oxygen atoms in total. The molecule has 2 fully saturated rings. The molecule has 0 heterocycles. The molecule has 2 aliphatic rings. The normalized spacial score (nSPS) is 28.7. The van der Waals surface area contributed by atoms with Crippen molar-refractivity contribution in [2.75, 3.05) is 20.3 Å². The SMILES string of the molecule is CCCCCCCCOC1CCC(C2CCC(OCC(CC(C)C)OC)CC2)CC1. The Morgan fingerprint density at radius 1 is 0.700 bits per heavy atom. The van der Waals surface area contributed by atoms with Crippen molar-refractivity contribution in [1.82, 2.24) is 0 Å². The summed E-state index contributed by atoms with van der Waals surface area (Å²) in [6, 6.07) is 0. The van der Waals surface area contributed by atoms with Crippen molar-refractivity contribution in [2.24, 2.45) is 17.8 Å². The molecule has 2 rings (SSSR count). The second kappa shape index (κ2) is 15.6. The first-order valence-electron chi connectivity index (χ1n) is 13.4. The van der Waals surface area contributed by atoms with Crippen molar-refractivity contribution in [3.8, 4) is 0 Å². The lowest BCUT2D eigenvalue weighted by molar-refractivity contribution is -0.0545. The summed E-state index contributed by atoms with van der Waals surface area (Å²) in [5, 5.41) is 0. The Bertz CT molecular complexity index is 395. The molecule has 0 aromatic carbocycles. The molecular weight excluding hydrogens is 372 g/mol. The third-order valence-electron chi connectivity index (χ3n) is 7.54. The van der Waals surface area contributed by atoms with E-state index in [1.807, 2.05) is 7.11 Å². The summed E-state index contributed by atoms with van der Waals surface area (Å²) in [5.74, 6) is 2.53. The van der Waals surface area contributed by atoms with Gasteiger partial charge in [0.25, 0.3) is 0 Å². The van der Waals surface area contributed by atoms with Gasteiger partial charge in [0.15, 0.2) is 0 Å². The van der Waals surface area contributed by atoms with Crippen LogP contribution in [-0.2, 0) is 14.2 Å². The molecular formula is C27H52O3. The summed E-state index contributed by atoms with van der Waals surface area (Å²) in [4.78, 5) is 0. The van der Waals surface area contributed by atoms with Crippen LogP contribution in [-0.4, -0.2) is 38.6 Å². The van der Waals surface area contributed by atoms with E-state index in [1.54, 1.807) is 0 Å². The third kappa shape index (κ3) is 10.5. The standard InChI is InChI=1S/C27H52O3/c1-5-6-7-8-9-10-19-29-25-15-11-23(12-16-25)24-13-17-26(18-14-24)30-21-27(28-4)20-22(2)3/h22-27H,5-21H2,1-4H3. The number of hydrogen-bond acceptors (Lipinski definition) is 3. The highest BCUT2D eigenvalue weighted by atomic mass is 16.5. The molecule has 0 N–H and O–H groups in total. The molecule has 0 aromatic rings. The Hall–Kier alpha value is -0.120. The van der Waals surface area contributed by atoms with Gasteiger partial charge in [0.05, 0.1) is 24.9 Å². The fraction of sp³-hybridized carbons (Fsp3) is 1.00. The average molecular weight is 425 g/mol. The fourth-order valence-electron chi connectivity index (χ4n) is 5.59. The smallest absolute Gasteiger partial charge is 0.0807 e. The molecule has 3 heteroatoms. The minimum absolute atomic E-state index is 0.259. The molecule has 0 radical (unpaired) electrons. The Kier molecular flexibility index (Phi) is 13.6. The average Bonchev–Trinajstić information content (AvgIpc) is 2.76. The van der Waals surface area contributed by atoms with Gasteiger partial charge in [0, 0.05) is 13.7 Å². The molecule has 178 valence electrons. The number of unbranched alkanes of at least 4 members (excludes halogenated alkanes) is 5. The molecule has 1 atom stereocenters. The van der Waals surface area contributed by atoms with Gasteiger partial charge in [-0.25, -0.2) is 0 Å². The second-order valence-corrected chi connectivity index (χ2v) is 10.5. The molecule has 0 amide bonds. The lowest BCUT2D eigenvalue weighted by Crippen LogP contribution is -2.32. The zero-order chi connectivity index (χ0) is 21.6. The molecule has 30 heavy (non-hydrogen) atoms. The predicted octanol–water partition coefficient (Wildman–Crippen LogP) is 7.56. The van der Waals surface area contributed by atoms with E-state index in [9.17, 15) is 0 Å². The molecule has 0 spiro atoms.